The molecule has 1 N–H and O–H groups in total. The van der Waals surface area contributed by atoms with Gasteiger partial charge in [0.1, 0.15) is 0 Å². The maximum atomic E-state index is 3.67. The average molecular weight is 279 g/mol. The van der Waals surface area contributed by atoms with Crippen LogP contribution in [-0.2, 0) is 10.8 Å². The lowest BCUT2D eigenvalue weighted by Gasteiger charge is -2.25. The molecule has 21 heavy (non-hydrogen) atoms. The van der Waals surface area contributed by atoms with E-state index >= 15 is 0 Å². The van der Waals surface area contributed by atoms with Crippen LogP contribution in [0.1, 0.15) is 52.7 Å². The summed E-state index contributed by atoms with van der Waals surface area (Å²) in [5.41, 5.74) is 5.62. The number of para-hydroxylation sites is 1. The van der Waals surface area contributed by atoms with Crippen molar-refractivity contribution in [2.75, 3.05) is 0 Å². The van der Waals surface area contributed by atoms with Gasteiger partial charge in [-0.1, -0.05) is 71.9 Å². The predicted molar refractivity (Wildman–Crippen MR) is 93.2 cm³/mol. The Morgan fingerprint density at radius 1 is 0.714 bits per heavy atom. The summed E-state index contributed by atoms with van der Waals surface area (Å²) in [4.78, 5) is 3.67. The van der Waals surface area contributed by atoms with E-state index in [-0.39, 0.29) is 10.8 Å². The maximum absolute atomic E-state index is 3.67. The number of hydrogen-bond acceptors (Lipinski definition) is 0. The Kier molecular flexibility index (Phi) is 2.95. The van der Waals surface area contributed by atoms with Gasteiger partial charge in [-0.15, -0.1) is 0 Å². The van der Waals surface area contributed by atoms with Crippen molar-refractivity contribution in [1.82, 2.24) is 4.98 Å². The molecular weight excluding hydrogens is 254 g/mol. The first-order chi connectivity index (χ1) is 9.69. The second kappa shape index (κ2) is 4.37. The van der Waals surface area contributed by atoms with Crippen LogP contribution in [0.25, 0.3) is 21.8 Å². The molecule has 1 nitrogen and oxygen atoms in total. The van der Waals surface area contributed by atoms with E-state index in [2.05, 4.69) is 82.9 Å². The molecule has 2 aromatic carbocycles. The van der Waals surface area contributed by atoms with Crippen LogP contribution in [-0.4, -0.2) is 4.98 Å². The lowest BCUT2D eigenvalue weighted by atomic mass is 9.79. The monoisotopic (exact) mass is 279 g/mol. The van der Waals surface area contributed by atoms with E-state index in [1.54, 1.807) is 0 Å². The summed E-state index contributed by atoms with van der Waals surface area (Å²) in [7, 11) is 0. The summed E-state index contributed by atoms with van der Waals surface area (Å²) < 4.78 is 0. The Hall–Kier alpha value is -1.76. The molecule has 0 amide bonds. The van der Waals surface area contributed by atoms with Crippen LogP contribution >= 0.6 is 0 Å². The van der Waals surface area contributed by atoms with Crippen LogP contribution in [0.2, 0.25) is 0 Å². The van der Waals surface area contributed by atoms with Crippen LogP contribution in [0, 0.1) is 0 Å². The largest absolute Gasteiger partial charge is 0.354 e. The number of hydrogen-bond donors (Lipinski definition) is 1. The van der Waals surface area contributed by atoms with Gasteiger partial charge in [0.15, 0.2) is 0 Å². The molecule has 0 saturated carbocycles. The number of fused-ring (bicyclic) bond motifs is 3. The molecule has 0 atom stereocenters. The second-order valence-electron chi connectivity index (χ2n) is 8.08. The molecule has 110 valence electrons. The molecule has 1 heteroatoms. The number of aromatic nitrogens is 1. The molecule has 0 radical (unpaired) electrons. The highest BCUT2D eigenvalue weighted by molar-refractivity contribution is 6.10. The van der Waals surface area contributed by atoms with Gasteiger partial charge < -0.3 is 4.98 Å². The Balaban J connectivity index is 2.53. The molecule has 1 aromatic heterocycles. The van der Waals surface area contributed by atoms with E-state index in [1.807, 2.05) is 0 Å². The van der Waals surface area contributed by atoms with E-state index in [0.717, 1.165) is 0 Å². The van der Waals surface area contributed by atoms with Gasteiger partial charge in [-0.2, -0.15) is 0 Å². The van der Waals surface area contributed by atoms with Crippen molar-refractivity contribution in [3.05, 3.63) is 47.5 Å². The van der Waals surface area contributed by atoms with Crippen molar-refractivity contribution < 1.29 is 0 Å². The third-order valence-corrected chi connectivity index (χ3v) is 4.28. The van der Waals surface area contributed by atoms with Crippen LogP contribution in [0.5, 0.6) is 0 Å². The highest BCUT2D eigenvalue weighted by atomic mass is 14.7. The molecule has 0 saturated heterocycles. The summed E-state index contributed by atoms with van der Waals surface area (Å²) in [5.74, 6) is 0. The van der Waals surface area contributed by atoms with Crippen molar-refractivity contribution in [2.45, 2.75) is 52.4 Å². The van der Waals surface area contributed by atoms with Gasteiger partial charge in [-0.05, 0) is 28.0 Å². The van der Waals surface area contributed by atoms with Crippen LogP contribution in [0.3, 0.4) is 0 Å². The van der Waals surface area contributed by atoms with Gasteiger partial charge in [0.2, 0.25) is 0 Å². The van der Waals surface area contributed by atoms with Gasteiger partial charge in [0, 0.05) is 16.3 Å². The fraction of sp³-hybridized carbons (Fsp3) is 0.400. The number of rotatable bonds is 0. The number of H-pyrrole nitrogens is 1. The number of nitrogens with one attached hydrogen (secondary N) is 1. The zero-order chi connectivity index (χ0) is 15.4. The Bertz CT molecular complexity index is 807. The quantitative estimate of drug-likeness (QED) is 0.526. The highest BCUT2D eigenvalue weighted by Gasteiger charge is 2.24. The molecule has 3 rings (SSSR count). The van der Waals surface area contributed by atoms with E-state index in [1.165, 1.54) is 32.9 Å². The second-order valence-corrected chi connectivity index (χ2v) is 8.08. The minimum atomic E-state index is 0.134. The third kappa shape index (κ3) is 2.25. The maximum Gasteiger partial charge on any atom is 0.0505 e. The van der Waals surface area contributed by atoms with Crippen molar-refractivity contribution in [2.24, 2.45) is 0 Å². The van der Waals surface area contributed by atoms with Gasteiger partial charge in [0.25, 0.3) is 0 Å². The molecule has 0 aliphatic rings. The fourth-order valence-electron chi connectivity index (χ4n) is 3.21. The smallest absolute Gasteiger partial charge is 0.0505 e. The van der Waals surface area contributed by atoms with Crippen molar-refractivity contribution in [1.29, 1.82) is 0 Å². The van der Waals surface area contributed by atoms with E-state index in [4.69, 9.17) is 0 Å². The Labute approximate surface area is 127 Å². The van der Waals surface area contributed by atoms with Crippen molar-refractivity contribution >= 4 is 21.8 Å². The summed E-state index contributed by atoms with van der Waals surface area (Å²) in [6.07, 6.45) is 0. The average Bonchev–Trinajstić information content (AvgIpc) is 2.74. The van der Waals surface area contributed by atoms with E-state index in [9.17, 15) is 0 Å². The number of aromatic amines is 1. The van der Waals surface area contributed by atoms with E-state index in [0.29, 0.717) is 0 Å². The standard InChI is InChI=1S/C20H25N/c1-19(2,3)14-11-12-15(20(4,5)6)18-17(14)13-9-7-8-10-16(13)21-18/h7-12,21H,1-6H3. The SMILES string of the molecule is CC(C)(C)c1ccc(C(C)(C)C)c2c1[nH]c1ccccc12. The first kappa shape index (κ1) is 14.2. The molecule has 3 aromatic rings. The first-order valence-electron chi connectivity index (χ1n) is 7.74. The summed E-state index contributed by atoms with van der Waals surface area (Å²) >= 11 is 0. The van der Waals surface area contributed by atoms with Crippen LogP contribution in [0.4, 0.5) is 0 Å². The molecule has 0 aliphatic carbocycles. The highest BCUT2D eigenvalue weighted by Crippen LogP contribution is 2.39. The summed E-state index contributed by atoms with van der Waals surface area (Å²) in [6, 6.07) is 13.3. The van der Waals surface area contributed by atoms with Crippen LogP contribution in [0.15, 0.2) is 36.4 Å². The van der Waals surface area contributed by atoms with E-state index < -0.39 is 0 Å². The molecule has 0 fully saturated rings. The molecule has 0 spiro atoms. The topological polar surface area (TPSA) is 15.8 Å². The summed E-state index contributed by atoms with van der Waals surface area (Å²) in [5, 5.41) is 2.73. The first-order valence-corrected chi connectivity index (χ1v) is 7.74. The van der Waals surface area contributed by atoms with Crippen molar-refractivity contribution in [3.63, 3.8) is 0 Å². The summed E-state index contributed by atoms with van der Waals surface area (Å²) in [6.45, 7) is 13.7. The predicted octanol–water partition coefficient (Wildman–Crippen LogP) is 5.92. The molecular formula is C20H25N. The lowest BCUT2D eigenvalue weighted by Crippen LogP contribution is -2.15. The fourth-order valence-corrected chi connectivity index (χ4v) is 3.21. The zero-order valence-electron chi connectivity index (χ0n) is 14.0. The Morgan fingerprint density at radius 2 is 1.29 bits per heavy atom. The van der Waals surface area contributed by atoms with Gasteiger partial charge in [-0.25, -0.2) is 0 Å². The number of benzene rings is 2. The molecule has 0 aliphatic heterocycles. The van der Waals surface area contributed by atoms with Crippen molar-refractivity contribution in [3.8, 4) is 0 Å². The molecule has 0 bridgehead atoms. The third-order valence-electron chi connectivity index (χ3n) is 4.28. The van der Waals surface area contributed by atoms with Gasteiger partial charge in [-0.3, -0.25) is 0 Å². The minimum absolute atomic E-state index is 0.134. The Morgan fingerprint density at radius 3 is 1.90 bits per heavy atom. The normalized spacial score (nSPS) is 13.2. The van der Waals surface area contributed by atoms with Crippen LogP contribution < -0.4 is 0 Å². The zero-order valence-corrected chi connectivity index (χ0v) is 14.0. The molecule has 1 heterocycles. The molecule has 0 unspecified atom stereocenters. The lowest BCUT2D eigenvalue weighted by molar-refractivity contribution is 0.585. The minimum Gasteiger partial charge on any atom is -0.354 e. The van der Waals surface area contributed by atoms with Gasteiger partial charge >= 0.3 is 0 Å². The van der Waals surface area contributed by atoms with Gasteiger partial charge in [0.05, 0.1) is 5.52 Å².